The maximum atomic E-state index is 11.7. The summed E-state index contributed by atoms with van der Waals surface area (Å²) in [5.74, 6) is -0.868. The highest BCUT2D eigenvalue weighted by Gasteiger charge is 2.09. The second kappa shape index (κ2) is 7.93. The van der Waals surface area contributed by atoms with Crippen molar-refractivity contribution in [1.82, 2.24) is 16.2 Å². The predicted molar refractivity (Wildman–Crippen MR) is 74.5 cm³/mol. The van der Waals surface area contributed by atoms with Crippen LogP contribution in [0, 0.1) is 5.92 Å². The number of hydrogen-bond acceptors (Lipinski definition) is 3. The molecule has 20 heavy (non-hydrogen) atoms. The third-order valence-corrected chi connectivity index (χ3v) is 2.38. The van der Waals surface area contributed by atoms with Gasteiger partial charge in [-0.2, -0.15) is 0 Å². The van der Waals surface area contributed by atoms with Gasteiger partial charge in [-0.3, -0.25) is 25.2 Å². The zero-order valence-corrected chi connectivity index (χ0v) is 11.6. The number of hydrogen-bond donors (Lipinski definition) is 3. The van der Waals surface area contributed by atoms with Crippen molar-refractivity contribution in [3.63, 3.8) is 0 Å². The highest BCUT2D eigenvalue weighted by atomic mass is 16.2. The van der Waals surface area contributed by atoms with E-state index in [1.54, 1.807) is 30.3 Å². The fourth-order valence-corrected chi connectivity index (χ4v) is 1.46. The van der Waals surface area contributed by atoms with Crippen molar-refractivity contribution in [2.75, 3.05) is 6.54 Å². The molecule has 0 radical (unpaired) electrons. The Morgan fingerprint density at radius 2 is 1.60 bits per heavy atom. The Kier molecular flexibility index (Phi) is 6.22. The molecule has 0 atom stereocenters. The van der Waals surface area contributed by atoms with Crippen molar-refractivity contribution in [3.8, 4) is 0 Å². The average Bonchev–Trinajstić information content (AvgIpc) is 2.42. The molecule has 108 valence electrons. The SMILES string of the molecule is CC(C)CC(=O)NNC(=O)CNC(=O)c1ccccc1. The quantitative estimate of drug-likeness (QED) is 0.689. The molecule has 0 fully saturated rings. The molecule has 0 aliphatic heterocycles. The van der Waals surface area contributed by atoms with Crippen molar-refractivity contribution in [3.05, 3.63) is 35.9 Å². The summed E-state index contributed by atoms with van der Waals surface area (Å²) in [6, 6.07) is 8.57. The number of rotatable bonds is 5. The van der Waals surface area contributed by atoms with Crippen LogP contribution in [0.25, 0.3) is 0 Å². The molecule has 0 unspecified atom stereocenters. The van der Waals surface area contributed by atoms with E-state index in [0.717, 1.165) is 0 Å². The zero-order chi connectivity index (χ0) is 15.0. The van der Waals surface area contributed by atoms with Crippen molar-refractivity contribution < 1.29 is 14.4 Å². The third-order valence-electron chi connectivity index (χ3n) is 2.38. The molecule has 6 nitrogen and oxygen atoms in total. The summed E-state index contributed by atoms with van der Waals surface area (Å²) >= 11 is 0. The molecule has 1 rings (SSSR count). The molecule has 0 heterocycles. The minimum Gasteiger partial charge on any atom is -0.343 e. The predicted octanol–water partition coefficient (Wildman–Crippen LogP) is 0.610. The maximum absolute atomic E-state index is 11.7. The highest BCUT2D eigenvalue weighted by Crippen LogP contribution is 1.98. The van der Waals surface area contributed by atoms with Crippen LogP contribution >= 0.6 is 0 Å². The van der Waals surface area contributed by atoms with Crippen molar-refractivity contribution >= 4 is 17.7 Å². The lowest BCUT2D eigenvalue weighted by molar-refractivity contribution is -0.128. The first-order chi connectivity index (χ1) is 9.49. The smallest absolute Gasteiger partial charge is 0.257 e. The Morgan fingerprint density at radius 3 is 2.20 bits per heavy atom. The first kappa shape index (κ1) is 15.7. The standard InChI is InChI=1S/C14H19N3O3/c1-10(2)8-12(18)16-17-13(19)9-15-14(20)11-6-4-3-5-7-11/h3-7,10H,8-9H2,1-2H3,(H,15,20)(H,16,18)(H,17,19). The maximum Gasteiger partial charge on any atom is 0.257 e. The van der Waals surface area contributed by atoms with E-state index in [-0.39, 0.29) is 24.3 Å². The number of hydrazine groups is 1. The first-order valence-corrected chi connectivity index (χ1v) is 6.40. The van der Waals surface area contributed by atoms with Gasteiger partial charge >= 0.3 is 0 Å². The van der Waals surface area contributed by atoms with E-state index < -0.39 is 5.91 Å². The molecule has 0 spiro atoms. The van der Waals surface area contributed by atoms with Crippen LogP contribution in [0.3, 0.4) is 0 Å². The van der Waals surface area contributed by atoms with Gasteiger partial charge in [-0.15, -0.1) is 0 Å². The van der Waals surface area contributed by atoms with Crippen LogP contribution in [-0.2, 0) is 9.59 Å². The minimum atomic E-state index is -0.480. The minimum absolute atomic E-state index is 0.199. The molecule has 0 aliphatic carbocycles. The summed E-state index contributed by atoms with van der Waals surface area (Å²) in [7, 11) is 0. The van der Waals surface area contributed by atoms with Gasteiger partial charge in [0.25, 0.3) is 11.8 Å². The van der Waals surface area contributed by atoms with Crippen LogP contribution in [-0.4, -0.2) is 24.3 Å². The summed E-state index contributed by atoms with van der Waals surface area (Å²) < 4.78 is 0. The van der Waals surface area contributed by atoms with E-state index in [9.17, 15) is 14.4 Å². The van der Waals surface area contributed by atoms with Gasteiger partial charge in [-0.25, -0.2) is 0 Å². The topological polar surface area (TPSA) is 87.3 Å². The molecular weight excluding hydrogens is 258 g/mol. The van der Waals surface area contributed by atoms with Crippen LogP contribution in [0.4, 0.5) is 0 Å². The normalized spacial score (nSPS) is 9.95. The number of carbonyl (C=O) groups excluding carboxylic acids is 3. The summed E-state index contributed by atoms with van der Waals surface area (Å²) in [6.07, 6.45) is 0.330. The molecule has 0 aliphatic rings. The summed E-state index contributed by atoms with van der Waals surface area (Å²) in [5, 5.41) is 2.46. The Morgan fingerprint density at radius 1 is 1.00 bits per heavy atom. The molecule has 0 bridgehead atoms. The second-order valence-electron chi connectivity index (χ2n) is 4.74. The van der Waals surface area contributed by atoms with Gasteiger partial charge in [0.1, 0.15) is 0 Å². The van der Waals surface area contributed by atoms with Crippen LogP contribution < -0.4 is 16.2 Å². The average molecular weight is 277 g/mol. The molecule has 0 aromatic heterocycles. The lowest BCUT2D eigenvalue weighted by Crippen LogP contribution is -2.46. The Balaban J connectivity index is 2.27. The van der Waals surface area contributed by atoms with Crippen LogP contribution in [0.5, 0.6) is 0 Å². The van der Waals surface area contributed by atoms with E-state index in [1.165, 1.54) is 0 Å². The van der Waals surface area contributed by atoms with Gasteiger partial charge in [0, 0.05) is 12.0 Å². The Labute approximate surface area is 117 Å². The van der Waals surface area contributed by atoms with Crippen molar-refractivity contribution in [2.45, 2.75) is 20.3 Å². The van der Waals surface area contributed by atoms with E-state index in [1.807, 2.05) is 13.8 Å². The Hall–Kier alpha value is -2.37. The molecule has 6 heteroatoms. The largest absolute Gasteiger partial charge is 0.343 e. The van der Waals surface area contributed by atoms with Crippen LogP contribution in [0.1, 0.15) is 30.6 Å². The van der Waals surface area contributed by atoms with Crippen molar-refractivity contribution in [2.24, 2.45) is 5.92 Å². The molecule has 3 N–H and O–H groups in total. The summed E-state index contributed by atoms with van der Waals surface area (Å²) in [4.78, 5) is 34.4. The first-order valence-electron chi connectivity index (χ1n) is 6.40. The molecule has 1 aromatic carbocycles. The monoisotopic (exact) mass is 277 g/mol. The number of nitrogens with one attached hydrogen (secondary N) is 3. The molecule has 1 aromatic rings. The fourth-order valence-electron chi connectivity index (χ4n) is 1.46. The molecule has 0 saturated carbocycles. The van der Waals surface area contributed by atoms with Gasteiger partial charge in [0.15, 0.2) is 0 Å². The van der Waals surface area contributed by atoms with Gasteiger partial charge < -0.3 is 5.32 Å². The lowest BCUT2D eigenvalue weighted by Gasteiger charge is -2.09. The van der Waals surface area contributed by atoms with E-state index in [4.69, 9.17) is 0 Å². The van der Waals surface area contributed by atoms with E-state index in [0.29, 0.717) is 12.0 Å². The number of amides is 3. The van der Waals surface area contributed by atoms with Crippen molar-refractivity contribution in [1.29, 1.82) is 0 Å². The molecule has 3 amide bonds. The van der Waals surface area contributed by atoms with Crippen LogP contribution in [0.2, 0.25) is 0 Å². The zero-order valence-electron chi connectivity index (χ0n) is 11.6. The van der Waals surface area contributed by atoms with Gasteiger partial charge in [-0.1, -0.05) is 32.0 Å². The third kappa shape index (κ3) is 5.99. The van der Waals surface area contributed by atoms with E-state index >= 15 is 0 Å². The molecular formula is C14H19N3O3. The summed E-state index contributed by atoms with van der Waals surface area (Å²) in [6.45, 7) is 3.61. The van der Waals surface area contributed by atoms with Gasteiger partial charge in [0.05, 0.1) is 6.54 Å². The second-order valence-corrected chi connectivity index (χ2v) is 4.74. The number of benzene rings is 1. The van der Waals surface area contributed by atoms with E-state index in [2.05, 4.69) is 16.2 Å². The van der Waals surface area contributed by atoms with Gasteiger partial charge in [0.2, 0.25) is 5.91 Å². The van der Waals surface area contributed by atoms with Gasteiger partial charge in [-0.05, 0) is 18.1 Å². The summed E-state index contributed by atoms with van der Waals surface area (Å²) in [5.41, 5.74) is 5.00. The number of carbonyl (C=O) groups is 3. The highest BCUT2D eigenvalue weighted by molar-refractivity contribution is 5.96. The van der Waals surface area contributed by atoms with Crippen LogP contribution in [0.15, 0.2) is 30.3 Å². The fraction of sp³-hybridized carbons (Fsp3) is 0.357. The lowest BCUT2D eigenvalue weighted by atomic mass is 10.1. The molecule has 0 saturated heterocycles. The Bertz CT molecular complexity index is 472.